The molecule has 0 amide bonds. The fraction of sp³-hybridized carbons (Fsp3) is 0.167. The Balaban J connectivity index is 2.23. The van der Waals surface area contributed by atoms with Crippen LogP contribution < -0.4 is 5.32 Å². The number of thiazole rings is 1. The molecule has 1 unspecified atom stereocenters. The van der Waals surface area contributed by atoms with Gasteiger partial charge in [0, 0.05) is 11.1 Å². The van der Waals surface area contributed by atoms with E-state index in [9.17, 15) is 9.18 Å². The lowest BCUT2D eigenvalue weighted by molar-refractivity contribution is 0.0697. The second-order valence-corrected chi connectivity index (χ2v) is 4.69. The number of carboxylic acid groups (broad SMARTS) is 1. The first kappa shape index (κ1) is 12.5. The predicted molar refractivity (Wildman–Crippen MR) is 67.5 cm³/mol. The monoisotopic (exact) mass is 266 g/mol. The maximum Gasteiger partial charge on any atom is 0.335 e. The highest BCUT2D eigenvalue weighted by molar-refractivity contribution is 7.09. The number of anilines is 1. The van der Waals surface area contributed by atoms with Gasteiger partial charge in [-0.3, -0.25) is 4.98 Å². The molecule has 0 fully saturated rings. The van der Waals surface area contributed by atoms with Gasteiger partial charge in [0.25, 0.3) is 0 Å². The highest BCUT2D eigenvalue weighted by atomic mass is 32.1. The molecule has 2 rings (SSSR count). The highest BCUT2D eigenvalue weighted by Gasteiger charge is 2.12. The van der Waals surface area contributed by atoms with Crippen molar-refractivity contribution >= 4 is 23.0 Å². The molecule has 0 aliphatic carbocycles. The summed E-state index contributed by atoms with van der Waals surface area (Å²) in [7, 11) is 0. The summed E-state index contributed by atoms with van der Waals surface area (Å²) in [6.45, 7) is 1.86. The molecule has 0 spiro atoms. The number of aromatic nitrogens is 1. The van der Waals surface area contributed by atoms with Gasteiger partial charge >= 0.3 is 5.97 Å². The van der Waals surface area contributed by atoms with Crippen molar-refractivity contribution in [3.8, 4) is 0 Å². The number of carbonyl (C=O) groups is 1. The molecule has 0 aliphatic rings. The molecule has 0 saturated heterocycles. The lowest BCUT2D eigenvalue weighted by Crippen LogP contribution is -2.08. The van der Waals surface area contributed by atoms with Gasteiger partial charge in [0.1, 0.15) is 5.82 Å². The number of halogens is 1. The largest absolute Gasteiger partial charge is 0.478 e. The van der Waals surface area contributed by atoms with Gasteiger partial charge in [-0.2, -0.15) is 0 Å². The van der Waals surface area contributed by atoms with E-state index in [0.29, 0.717) is 0 Å². The minimum atomic E-state index is -1.08. The van der Waals surface area contributed by atoms with Crippen LogP contribution in [0, 0.1) is 5.82 Å². The first-order valence-electron chi connectivity index (χ1n) is 5.25. The summed E-state index contributed by atoms with van der Waals surface area (Å²) in [6, 6.07) is 3.54. The second kappa shape index (κ2) is 5.14. The third-order valence-corrected chi connectivity index (χ3v) is 3.42. The number of aromatic carboxylic acids is 1. The van der Waals surface area contributed by atoms with Crippen LogP contribution in [0.15, 0.2) is 29.9 Å². The highest BCUT2D eigenvalue weighted by Crippen LogP contribution is 2.24. The van der Waals surface area contributed by atoms with Gasteiger partial charge in [-0.15, -0.1) is 11.3 Å². The molecule has 18 heavy (non-hydrogen) atoms. The molecular weight excluding hydrogens is 255 g/mol. The molecule has 1 heterocycles. The SMILES string of the molecule is CC(Nc1cc(C(=O)O)ccc1F)c1cncs1. The van der Waals surface area contributed by atoms with Crippen LogP contribution in [0.2, 0.25) is 0 Å². The molecule has 0 aliphatic heterocycles. The summed E-state index contributed by atoms with van der Waals surface area (Å²) in [4.78, 5) is 15.7. The first-order valence-corrected chi connectivity index (χ1v) is 6.13. The number of hydrogen-bond acceptors (Lipinski definition) is 4. The van der Waals surface area contributed by atoms with E-state index < -0.39 is 11.8 Å². The molecular formula is C12H11FN2O2S. The smallest absolute Gasteiger partial charge is 0.335 e. The second-order valence-electron chi connectivity index (χ2n) is 3.77. The number of hydrogen-bond donors (Lipinski definition) is 2. The summed E-state index contributed by atoms with van der Waals surface area (Å²) in [6.07, 6.45) is 1.70. The van der Waals surface area contributed by atoms with Crippen LogP contribution in [0.25, 0.3) is 0 Å². The maximum atomic E-state index is 13.6. The third-order valence-electron chi connectivity index (χ3n) is 2.46. The molecule has 2 aromatic rings. The molecule has 2 N–H and O–H groups in total. The summed E-state index contributed by atoms with van der Waals surface area (Å²) >= 11 is 1.45. The Morgan fingerprint density at radius 3 is 2.94 bits per heavy atom. The van der Waals surface area contributed by atoms with E-state index in [1.807, 2.05) is 6.92 Å². The van der Waals surface area contributed by atoms with E-state index in [0.717, 1.165) is 10.9 Å². The van der Waals surface area contributed by atoms with Crippen LogP contribution in [0.3, 0.4) is 0 Å². The summed E-state index contributed by atoms with van der Waals surface area (Å²) in [5.74, 6) is -1.56. The minimum absolute atomic E-state index is 0.0513. The Kier molecular flexibility index (Phi) is 3.57. The minimum Gasteiger partial charge on any atom is -0.478 e. The molecule has 94 valence electrons. The number of rotatable bonds is 4. The van der Waals surface area contributed by atoms with Gasteiger partial charge in [0.05, 0.1) is 22.8 Å². The van der Waals surface area contributed by atoms with E-state index in [2.05, 4.69) is 10.3 Å². The van der Waals surface area contributed by atoms with E-state index >= 15 is 0 Å². The zero-order valence-corrected chi connectivity index (χ0v) is 10.4. The van der Waals surface area contributed by atoms with Crippen LogP contribution in [0.4, 0.5) is 10.1 Å². The first-order chi connectivity index (χ1) is 8.58. The molecule has 1 aromatic heterocycles. The fourth-order valence-electron chi connectivity index (χ4n) is 1.51. The van der Waals surface area contributed by atoms with Crippen molar-refractivity contribution in [2.24, 2.45) is 0 Å². The molecule has 0 saturated carbocycles. The molecule has 6 heteroatoms. The zero-order valence-electron chi connectivity index (χ0n) is 9.55. The third kappa shape index (κ3) is 2.65. The van der Waals surface area contributed by atoms with E-state index in [1.165, 1.54) is 23.5 Å². The number of nitrogens with zero attached hydrogens (tertiary/aromatic N) is 1. The van der Waals surface area contributed by atoms with E-state index in [-0.39, 0.29) is 17.3 Å². The van der Waals surface area contributed by atoms with Crippen molar-refractivity contribution < 1.29 is 14.3 Å². The number of benzene rings is 1. The van der Waals surface area contributed by atoms with Crippen molar-refractivity contribution in [1.82, 2.24) is 4.98 Å². The van der Waals surface area contributed by atoms with Crippen molar-refractivity contribution in [2.45, 2.75) is 13.0 Å². The molecule has 1 aromatic carbocycles. The summed E-state index contributed by atoms with van der Waals surface area (Å²) in [5, 5.41) is 11.8. The van der Waals surface area contributed by atoms with Crippen molar-refractivity contribution in [2.75, 3.05) is 5.32 Å². The standard InChI is InChI=1S/C12H11FN2O2S/c1-7(11-5-14-6-18-11)15-10-4-8(12(16)17)2-3-9(10)13/h2-7,15H,1H3,(H,16,17). The summed E-state index contributed by atoms with van der Waals surface area (Å²) < 4.78 is 13.6. The van der Waals surface area contributed by atoms with Crippen LogP contribution >= 0.6 is 11.3 Å². The van der Waals surface area contributed by atoms with Gasteiger partial charge in [0.15, 0.2) is 0 Å². The van der Waals surface area contributed by atoms with Gasteiger partial charge in [-0.1, -0.05) is 0 Å². The Bertz CT molecular complexity index is 557. The van der Waals surface area contributed by atoms with Crippen LogP contribution in [-0.4, -0.2) is 16.1 Å². The Morgan fingerprint density at radius 1 is 1.56 bits per heavy atom. The lowest BCUT2D eigenvalue weighted by atomic mass is 10.1. The van der Waals surface area contributed by atoms with Gasteiger partial charge in [-0.25, -0.2) is 9.18 Å². The predicted octanol–water partition coefficient (Wildman–Crippen LogP) is 3.15. The van der Waals surface area contributed by atoms with Crippen molar-refractivity contribution in [3.63, 3.8) is 0 Å². The average Bonchev–Trinajstić information content (AvgIpc) is 2.85. The molecule has 1 atom stereocenters. The number of nitrogens with one attached hydrogen (secondary N) is 1. The Labute approximate surface area is 107 Å². The Hall–Kier alpha value is -1.95. The van der Waals surface area contributed by atoms with Crippen LogP contribution in [0.1, 0.15) is 28.2 Å². The quantitative estimate of drug-likeness (QED) is 0.892. The van der Waals surface area contributed by atoms with Gasteiger partial charge in [-0.05, 0) is 25.1 Å². The average molecular weight is 266 g/mol. The molecule has 0 bridgehead atoms. The van der Waals surface area contributed by atoms with Gasteiger partial charge < -0.3 is 10.4 Å². The van der Waals surface area contributed by atoms with E-state index in [1.54, 1.807) is 11.7 Å². The summed E-state index contributed by atoms with van der Waals surface area (Å²) in [5.41, 5.74) is 1.92. The van der Waals surface area contributed by atoms with Crippen molar-refractivity contribution in [1.29, 1.82) is 0 Å². The van der Waals surface area contributed by atoms with Crippen LogP contribution in [-0.2, 0) is 0 Å². The molecule has 4 nitrogen and oxygen atoms in total. The Morgan fingerprint density at radius 2 is 2.33 bits per heavy atom. The fourth-order valence-corrected chi connectivity index (χ4v) is 2.14. The lowest BCUT2D eigenvalue weighted by Gasteiger charge is -2.14. The normalized spacial score (nSPS) is 12.1. The molecule has 0 radical (unpaired) electrons. The zero-order chi connectivity index (χ0) is 13.1. The van der Waals surface area contributed by atoms with Crippen LogP contribution in [0.5, 0.6) is 0 Å². The topological polar surface area (TPSA) is 62.2 Å². The van der Waals surface area contributed by atoms with Crippen molar-refractivity contribution in [3.05, 3.63) is 46.2 Å². The van der Waals surface area contributed by atoms with Gasteiger partial charge in [0.2, 0.25) is 0 Å². The maximum absolute atomic E-state index is 13.6. The van der Waals surface area contributed by atoms with E-state index in [4.69, 9.17) is 5.11 Å². The number of carboxylic acids is 1.